The second kappa shape index (κ2) is 14.0. The maximum Gasteiger partial charge on any atom is 0.264 e. The van der Waals surface area contributed by atoms with Crippen molar-refractivity contribution < 1.29 is 18.0 Å². The number of hydrogen-bond donors (Lipinski definition) is 1. The molecule has 0 bridgehead atoms. The van der Waals surface area contributed by atoms with Gasteiger partial charge in [0.2, 0.25) is 11.8 Å². The van der Waals surface area contributed by atoms with Crippen LogP contribution < -0.4 is 9.62 Å². The van der Waals surface area contributed by atoms with Crippen LogP contribution in [-0.4, -0.2) is 44.3 Å². The Hall–Kier alpha value is -3.07. The normalized spacial score (nSPS) is 12.1. The molecule has 0 fully saturated rings. The Balaban J connectivity index is 2.01. The lowest BCUT2D eigenvalue weighted by Gasteiger charge is -2.32. The highest BCUT2D eigenvalue weighted by atomic mass is 35.5. The van der Waals surface area contributed by atoms with E-state index < -0.39 is 28.5 Å². The van der Waals surface area contributed by atoms with Crippen molar-refractivity contribution in [1.29, 1.82) is 0 Å². The molecule has 3 rings (SSSR count). The van der Waals surface area contributed by atoms with Crippen LogP contribution in [0.15, 0.2) is 71.6 Å². The largest absolute Gasteiger partial charge is 0.354 e. The minimum atomic E-state index is -4.12. The Labute approximate surface area is 247 Å². The Kier molecular flexibility index (Phi) is 11.0. The van der Waals surface area contributed by atoms with Gasteiger partial charge in [0.25, 0.3) is 10.0 Å². The number of nitrogens with one attached hydrogen (secondary N) is 1. The van der Waals surface area contributed by atoms with Gasteiger partial charge in [0.1, 0.15) is 12.6 Å². The number of unbranched alkanes of at least 4 members (excludes halogenated alkanes) is 1. The quantitative estimate of drug-likeness (QED) is 0.252. The summed E-state index contributed by atoms with van der Waals surface area (Å²) in [6, 6.07) is 17.4. The molecule has 3 aromatic rings. The fourth-order valence-electron chi connectivity index (χ4n) is 4.03. The van der Waals surface area contributed by atoms with E-state index in [0.29, 0.717) is 27.8 Å². The second-order valence-electron chi connectivity index (χ2n) is 9.74. The molecule has 0 unspecified atom stereocenters. The molecule has 7 nitrogen and oxygen atoms in total. The first-order valence-corrected chi connectivity index (χ1v) is 15.3. The summed E-state index contributed by atoms with van der Waals surface area (Å²) in [5, 5.41) is 3.64. The summed E-state index contributed by atoms with van der Waals surface area (Å²) in [4.78, 5) is 28.4. The van der Waals surface area contributed by atoms with Gasteiger partial charge in [-0.2, -0.15) is 0 Å². The molecular formula is C30H35Cl2N3O4S. The van der Waals surface area contributed by atoms with E-state index in [0.717, 1.165) is 28.3 Å². The van der Waals surface area contributed by atoms with E-state index >= 15 is 0 Å². The average molecular weight is 605 g/mol. The Morgan fingerprint density at radius 2 is 1.52 bits per heavy atom. The lowest BCUT2D eigenvalue weighted by Crippen LogP contribution is -2.51. The third-order valence-corrected chi connectivity index (χ3v) is 8.94. The number of benzene rings is 3. The predicted molar refractivity (Wildman–Crippen MR) is 161 cm³/mol. The highest BCUT2D eigenvalue weighted by Gasteiger charge is 2.32. The first-order chi connectivity index (χ1) is 18.9. The summed E-state index contributed by atoms with van der Waals surface area (Å²) >= 11 is 12.5. The number of amides is 2. The van der Waals surface area contributed by atoms with Gasteiger partial charge in [0.05, 0.1) is 10.6 Å². The van der Waals surface area contributed by atoms with E-state index in [2.05, 4.69) is 5.32 Å². The fraction of sp³-hybridized carbons (Fsp3) is 0.333. The zero-order valence-electron chi connectivity index (χ0n) is 23.2. The number of anilines is 1. The number of aryl methyl sites for hydroxylation is 2. The highest BCUT2D eigenvalue weighted by Crippen LogP contribution is 2.27. The number of carbonyl (C=O) groups is 2. The SMILES string of the molecule is CCCCNC(=O)[C@H](C)N(Cc1ccc(Cl)cc1Cl)C(=O)CN(c1ccc(C)cc1)S(=O)(=O)c1ccc(C)cc1. The van der Waals surface area contributed by atoms with Gasteiger partial charge in [-0.3, -0.25) is 13.9 Å². The van der Waals surface area contributed by atoms with Crippen molar-refractivity contribution in [2.24, 2.45) is 0 Å². The van der Waals surface area contributed by atoms with Crippen molar-refractivity contribution in [3.05, 3.63) is 93.5 Å². The van der Waals surface area contributed by atoms with E-state index in [4.69, 9.17) is 23.2 Å². The van der Waals surface area contributed by atoms with E-state index in [1.165, 1.54) is 17.0 Å². The number of hydrogen-bond acceptors (Lipinski definition) is 4. The van der Waals surface area contributed by atoms with Crippen LogP contribution in [0.4, 0.5) is 5.69 Å². The van der Waals surface area contributed by atoms with Crippen LogP contribution in [0.25, 0.3) is 0 Å². The first-order valence-electron chi connectivity index (χ1n) is 13.1. The molecule has 3 aromatic carbocycles. The summed E-state index contributed by atoms with van der Waals surface area (Å²) in [5.41, 5.74) is 2.77. The van der Waals surface area contributed by atoms with Gasteiger partial charge in [0, 0.05) is 23.1 Å². The van der Waals surface area contributed by atoms with Crippen LogP contribution in [0.3, 0.4) is 0 Å². The van der Waals surface area contributed by atoms with Crippen molar-refractivity contribution in [3.8, 4) is 0 Å². The number of halogens is 2. The van der Waals surface area contributed by atoms with Crippen LogP contribution in [-0.2, 0) is 26.2 Å². The molecule has 0 aliphatic carbocycles. The molecule has 1 atom stereocenters. The van der Waals surface area contributed by atoms with Crippen LogP contribution in [0.1, 0.15) is 43.4 Å². The standard InChI is InChI=1S/C30H35Cl2N3O4S/c1-5-6-17-33-30(37)23(4)34(19-24-11-12-25(31)18-28(24)32)29(36)20-35(26-13-7-21(2)8-14-26)40(38,39)27-15-9-22(3)10-16-27/h7-16,18,23H,5-6,17,19-20H2,1-4H3,(H,33,37)/t23-/m0/s1. The molecule has 0 aliphatic rings. The minimum absolute atomic E-state index is 0.0104. The molecule has 0 radical (unpaired) electrons. The van der Waals surface area contributed by atoms with Crippen LogP contribution in [0.5, 0.6) is 0 Å². The van der Waals surface area contributed by atoms with Crippen molar-refractivity contribution >= 4 is 50.7 Å². The molecule has 0 aromatic heterocycles. The summed E-state index contributed by atoms with van der Waals surface area (Å²) in [6.07, 6.45) is 1.70. The Bertz CT molecular complexity index is 1430. The molecule has 0 saturated heterocycles. The molecule has 2 amide bonds. The molecule has 0 spiro atoms. The monoisotopic (exact) mass is 603 g/mol. The first kappa shape index (κ1) is 31.5. The third-order valence-electron chi connectivity index (χ3n) is 6.56. The maximum absolute atomic E-state index is 14.0. The number of nitrogens with zero attached hydrogens (tertiary/aromatic N) is 2. The third kappa shape index (κ3) is 7.99. The highest BCUT2D eigenvalue weighted by molar-refractivity contribution is 7.92. The predicted octanol–water partition coefficient (Wildman–Crippen LogP) is 6.14. The smallest absolute Gasteiger partial charge is 0.264 e. The van der Waals surface area contributed by atoms with Gasteiger partial charge < -0.3 is 10.2 Å². The Morgan fingerprint density at radius 3 is 2.10 bits per heavy atom. The van der Waals surface area contributed by atoms with Crippen LogP contribution >= 0.6 is 23.2 Å². The lowest BCUT2D eigenvalue weighted by molar-refractivity contribution is -0.139. The van der Waals surface area contributed by atoms with Crippen molar-refractivity contribution in [2.45, 2.75) is 58.0 Å². The molecular weight excluding hydrogens is 569 g/mol. The fourth-order valence-corrected chi connectivity index (χ4v) is 5.91. The van der Waals surface area contributed by atoms with Gasteiger partial charge in [-0.15, -0.1) is 0 Å². The molecule has 10 heteroatoms. The van der Waals surface area contributed by atoms with E-state index in [1.807, 2.05) is 20.8 Å². The van der Waals surface area contributed by atoms with E-state index in [-0.39, 0.29) is 17.3 Å². The number of sulfonamides is 1. The van der Waals surface area contributed by atoms with Crippen molar-refractivity contribution in [3.63, 3.8) is 0 Å². The number of carbonyl (C=O) groups excluding carboxylic acids is 2. The maximum atomic E-state index is 14.0. The van der Waals surface area contributed by atoms with Crippen molar-refractivity contribution in [2.75, 3.05) is 17.4 Å². The van der Waals surface area contributed by atoms with E-state index in [9.17, 15) is 18.0 Å². The molecule has 214 valence electrons. The topological polar surface area (TPSA) is 86.8 Å². The molecule has 0 heterocycles. The zero-order chi connectivity index (χ0) is 29.4. The second-order valence-corrected chi connectivity index (χ2v) is 12.4. The van der Waals surface area contributed by atoms with Crippen molar-refractivity contribution in [1.82, 2.24) is 10.2 Å². The average Bonchev–Trinajstić information content (AvgIpc) is 2.91. The molecule has 1 N–H and O–H groups in total. The van der Waals surface area contributed by atoms with E-state index in [1.54, 1.807) is 61.5 Å². The summed E-state index contributed by atoms with van der Waals surface area (Å²) in [6.45, 7) is 7.34. The Morgan fingerprint density at radius 1 is 0.925 bits per heavy atom. The van der Waals surface area contributed by atoms with Gasteiger partial charge in [-0.25, -0.2) is 8.42 Å². The summed E-state index contributed by atoms with van der Waals surface area (Å²) in [7, 11) is -4.12. The minimum Gasteiger partial charge on any atom is -0.354 e. The molecule has 0 saturated carbocycles. The van der Waals surface area contributed by atoms with Gasteiger partial charge in [0.15, 0.2) is 0 Å². The van der Waals surface area contributed by atoms with Crippen LogP contribution in [0.2, 0.25) is 10.0 Å². The van der Waals surface area contributed by atoms with Gasteiger partial charge >= 0.3 is 0 Å². The summed E-state index contributed by atoms with van der Waals surface area (Å²) in [5.74, 6) is -0.893. The molecule has 0 aliphatic heterocycles. The van der Waals surface area contributed by atoms with Gasteiger partial charge in [-0.1, -0.05) is 78.0 Å². The van der Waals surface area contributed by atoms with Gasteiger partial charge in [-0.05, 0) is 69.2 Å². The van der Waals surface area contributed by atoms with Crippen LogP contribution in [0, 0.1) is 13.8 Å². The molecule has 40 heavy (non-hydrogen) atoms. The lowest BCUT2D eigenvalue weighted by atomic mass is 10.1. The zero-order valence-corrected chi connectivity index (χ0v) is 25.5. The summed E-state index contributed by atoms with van der Waals surface area (Å²) < 4.78 is 28.8. The number of rotatable bonds is 12.